The summed E-state index contributed by atoms with van der Waals surface area (Å²) in [7, 11) is 0. The maximum Gasteiger partial charge on any atom is 0.312 e. The van der Waals surface area contributed by atoms with E-state index in [1.807, 2.05) is 34.6 Å². The van der Waals surface area contributed by atoms with Crippen LogP contribution in [0, 0.1) is 10.8 Å². The van der Waals surface area contributed by atoms with Crippen LogP contribution in [0.25, 0.3) is 0 Å². The molecule has 0 N–H and O–H groups in total. The SMILES string of the molecule is CC(C)(C)CC(C)(C)C(=O)OC(C)(C)C. The molecular weight excluding hydrogens is 188 g/mol. The van der Waals surface area contributed by atoms with Crippen LogP contribution in [-0.4, -0.2) is 11.6 Å². The Morgan fingerprint density at radius 2 is 1.33 bits per heavy atom. The minimum absolute atomic E-state index is 0.107. The molecule has 2 nitrogen and oxygen atoms in total. The minimum Gasteiger partial charge on any atom is -0.460 e. The highest BCUT2D eigenvalue weighted by Crippen LogP contribution is 2.35. The summed E-state index contributed by atoms with van der Waals surface area (Å²) >= 11 is 0. The molecule has 0 amide bonds. The van der Waals surface area contributed by atoms with Crippen molar-refractivity contribution in [1.29, 1.82) is 0 Å². The topological polar surface area (TPSA) is 26.3 Å². The maximum atomic E-state index is 11.9. The fourth-order valence-corrected chi connectivity index (χ4v) is 1.81. The molecule has 0 radical (unpaired) electrons. The monoisotopic (exact) mass is 214 g/mol. The van der Waals surface area contributed by atoms with Crippen molar-refractivity contribution in [2.45, 2.75) is 67.4 Å². The third-order valence-electron chi connectivity index (χ3n) is 1.92. The van der Waals surface area contributed by atoms with Gasteiger partial charge >= 0.3 is 5.97 Å². The standard InChI is InChI=1S/C13H26O2/c1-11(2,3)9-13(7,8)10(14)15-12(4,5)6/h9H2,1-8H3. The zero-order chi connectivity index (χ0) is 12.5. The van der Waals surface area contributed by atoms with Gasteiger partial charge in [-0.05, 0) is 46.5 Å². The number of rotatable bonds is 2. The van der Waals surface area contributed by atoms with Crippen molar-refractivity contribution in [2.24, 2.45) is 10.8 Å². The second kappa shape index (κ2) is 4.15. The van der Waals surface area contributed by atoms with E-state index in [9.17, 15) is 4.79 Å². The number of hydrogen-bond donors (Lipinski definition) is 0. The van der Waals surface area contributed by atoms with Crippen LogP contribution >= 0.6 is 0 Å². The van der Waals surface area contributed by atoms with Gasteiger partial charge in [0.15, 0.2) is 0 Å². The minimum atomic E-state index is -0.411. The van der Waals surface area contributed by atoms with Gasteiger partial charge in [-0.1, -0.05) is 20.8 Å². The third kappa shape index (κ3) is 6.53. The van der Waals surface area contributed by atoms with E-state index in [4.69, 9.17) is 4.74 Å². The average molecular weight is 214 g/mol. The van der Waals surface area contributed by atoms with Gasteiger partial charge in [0.1, 0.15) is 5.60 Å². The van der Waals surface area contributed by atoms with Crippen LogP contribution in [0.4, 0.5) is 0 Å². The highest BCUT2D eigenvalue weighted by atomic mass is 16.6. The van der Waals surface area contributed by atoms with Crippen LogP contribution in [0.1, 0.15) is 61.8 Å². The van der Waals surface area contributed by atoms with Gasteiger partial charge in [-0.25, -0.2) is 0 Å². The molecule has 0 unspecified atom stereocenters. The lowest BCUT2D eigenvalue weighted by Gasteiger charge is -2.33. The first-order valence-electron chi connectivity index (χ1n) is 5.57. The molecule has 0 aliphatic carbocycles. The molecule has 2 heteroatoms. The first-order chi connectivity index (χ1) is 6.33. The molecule has 0 aromatic carbocycles. The summed E-state index contributed by atoms with van der Waals surface area (Å²) in [5, 5.41) is 0. The van der Waals surface area contributed by atoms with Gasteiger partial charge in [0.25, 0.3) is 0 Å². The second-order valence-electron chi connectivity index (χ2n) is 7.12. The lowest BCUT2D eigenvalue weighted by molar-refractivity contribution is -0.167. The van der Waals surface area contributed by atoms with Crippen LogP contribution in [-0.2, 0) is 9.53 Å². The molecule has 15 heavy (non-hydrogen) atoms. The molecule has 0 fully saturated rings. The predicted octanol–water partition coefficient (Wildman–Crippen LogP) is 3.79. The van der Waals surface area contributed by atoms with Crippen molar-refractivity contribution in [3.8, 4) is 0 Å². The number of carbonyl (C=O) groups excluding carboxylic acids is 1. The molecule has 0 atom stereocenters. The molecule has 90 valence electrons. The van der Waals surface area contributed by atoms with Gasteiger partial charge in [-0.3, -0.25) is 4.79 Å². The molecule has 0 aliphatic rings. The van der Waals surface area contributed by atoms with E-state index in [0.717, 1.165) is 6.42 Å². The summed E-state index contributed by atoms with van der Waals surface area (Å²) < 4.78 is 5.41. The summed E-state index contributed by atoms with van der Waals surface area (Å²) in [5.41, 5.74) is -0.668. The molecule has 0 heterocycles. The Morgan fingerprint density at radius 1 is 0.933 bits per heavy atom. The van der Waals surface area contributed by atoms with E-state index in [1.54, 1.807) is 0 Å². The predicted molar refractivity (Wildman–Crippen MR) is 63.7 cm³/mol. The second-order valence-corrected chi connectivity index (χ2v) is 7.12. The molecule has 0 saturated carbocycles. The largest absolute Gasteiger partial charge is 0.460 e. The average Bonchev–Trinajstić information content (AvgIpc) is 1.75. The zero-order valence-corrected chi connectivity index (χ0v) is 11.5. The Hall–Kier alpha value is -0.530. The molecule has 0 bridgehead atoms. The van der Waals surface area contributed by atoms with Crippen molar-refractivity contribution in [1.82, 2.24) is 0 Å². The van der Waals surface area contributed by atoms with Gasteiger partial charge in [-0.15, -0.1) is 0 Å². The van der Waals surface area contributed by atoms with E-state index in [0.29, 0.717) is 0 Å². The number of esters is 1. The van der Waals surface area contributed by atoms with E-state index >= 15 is 0 Å². The van der Waals surface area contributed by atoms with Gasteiger partial charge in [0, 0.05) is 0 Å². The van der Waals surface area contributed by atoms with E-state index in [1.165, 1.54) is 0 Å². The molecule has 0 saturated heterocycles. The van der Waals surface area contributed by atoms with Crippen molar-refractivity contribution in [3.63, 3.8) is 0 Å². The Kier molecular flexibility index (Phi) is 4.00. The highest BCUT2D eigenvalue weighted by Gasteiger charge is 2.35. The van der Waals surface area contributed by atoms with Crippen molar-refractivity contribution >= 4 is 5.97 Å². The maximum absolute atomic E-state index is 11.9. The van der Waals surface area contributed by atoms with E-state index < -0.39 is 11.0 Å². The molecule has 0 rings (SSSR count). The highest BCUT2D eigenvalue weighted by molar-refractivity contribution is 5.76. The first-order valence-corrected chi connectivity index (χ1v) is 5.57. The third-order valence-corrected chi connectivity index (χ3v) is 1.92. The lowest BCUT2D eigenvalue weighted by Crippen LogP contribution is -2.36. The van der Waals surface area contributed by atoms with E-state index in [2.05, 4.69) is 20.8 Å². The van der Waals surface area contributed by atoms with Crippen molar-refractivity contribution in [3.05, 3.63) is 0 Å². The quantitative estimate of drug-likeness (QED) is 0.654. The van der Waals surface area contributed by atoms with Crippen molar-refractivity contribution in [2.75, 3.05) is 0 Å². The Morgan fingerprint density at radius 3 is 1.60 bits per heavy atom. The summed E-state index contributed by atoms with van der Waals surface area (Å²) in [6.45, 7) is 16.0. The van der Waals surface area contributed by atoms with Crippen LogP contribution in [0.2, 0.25) is 0 Å². The van der Waals surface area contributed by atoms with Gasteiger partial charge in [0.2, 0.25) is 0 Å². The van der Waals surface area contributed by atoms with Crippen molar-refractivity contribution < 1.29 is 9.53 Å². The summed E-state index contributed by atoms with van der Waals surface area (Å²) in [6.07, 6.45) is 0.828. The Bertz CT molecular complexity index is 226. The lowest BCUT2D eigenvalue weighted by atomic mass is 9.76. The molecule has 0 aromatic rings. The molecular formula is C13H26O2. The molecule has 0 spiro atoms. The van der Waals surface area contributed by atoms with Crippen LogP contribution in [0.3, 0.4) is 0 Å². The Balaban J connectivity index is 4.54. The fraction of sp³-hybridized carbons (Fsp3) is 0.923. The van der Waals surface area contributed by atoms with Crippen LogP contribution < -0.4 is 0 Å². The summed E-state index contributed by atoms with van der Waals surface area (Å²) in [5.74, 6) is -0.107. The number of ether oxygens (including phenoxy) is 1. The smallest absolute Gasteiger partial charge is 0.312 e. The van der Waals surface area contributed by atoms with E-state index in [-0.39, 0.29) is 11.4 Å². The fourth-order valence-electron chi connectivity index (χ4n) is 1.81. The normalized spacial score (nSPS) is 13.9. The summed E-state index contributed by atoms with van der Waals surface area (Å²) in [4.78, 5) is 11.9. The number of hydrogen-bond acceptors (Lipinski definition) is 2. The Labute approximate surface area is 94.4 Å². The van der Waals surface area contributed by atoms with Crippen LogP contribution in [0.5, 0.6) is 0 Å². The van der Waals surface area contributed by atoms with Gasteiger partial charge < -0.3 is 4.74 Å². The van der Waals surface area contributed by atoms with Crippen LogP contribution in [0.15, 0.2) is 0 Å². The van der Waals surface area contributed by atoms with Gasteiger partial charge in [0.05, 0.1) is 5.41 Å². The molecule has 0 aromatic heterocycles. The number of carbonyl (C=O) groups is 1. The first kappa shape index (κ1) is 14.5. The van der Waals surface area contributed by atoms with Gasteiger partial charge in [-0.2, -0.15) is 0 Å². The summed E-state index contributed by atoms with van der Waals surface area (Å²) in [6, 6.07) is 0. The molecule has 0 aliphatic heterocycles. The zero-order valence-electron chi connectivity index (χ0n) is 11.5.